The lowest BCUT2D eigenvalue weighted by Gasteiger charge is -2.31. The number of carbonyl (C=O) groups excluding carboxylic acids is 1. The van der Waals surface area contributed by atoms with Crippen LogP contribution in [0.15, 0.2) is 36.4 Å². The number of benzene rings is 2. The highest BCUT2D eigenvalue weighted by Gasteiger charge is 2.29. The molecule has 1 aliphatic heterocycles. The molecule has 0 spiro atoms. The van der Waals surface area contributed by atoms with E-state index < -0.39 is 0 Å². The predicted octanol–water partition coefficient (Wildman–Crippen LogP) is 4.09. The number of aromatic nitrogens is 3. The van der Waals surface area contributed by atoms with E-state index >= 15 is 0 Å². The van der Waals surface area contributed by atoms with Crippen molar-refractivity contribution in [3.8, 4) is 17.3 Å². The van der Waals surface area contributed by atoms with Crippen LogP contribution < -0.4 is 9.64 Å². The maximum atomic E-state index is 11.5. The number of para-hydroxylation sites is 1. The number of ether oxygens (including phenoxy) is 1. The molecule has 0 bridgehead atoms. The van der Waals surface area contributed by atoms with Crippen molar-refractivity contribution < 1.29 is 14.6 Å². The lowest BCUT2D eigenvalue weighted by Crippen LogP contribution is -2.33. The fourth-order valence-corrected chi connectivity index (χ4v) is 5.22. The van der Waals surface area contributed by atoms with E-state index in [2.05, 4.69) is 38.3 Å². The molecule has 7 nitrogen and oxygen atoms in total. The van der Waals surface area contributed by atoms with E-state index in [9.17, 15) is 9.90 Å². The monoisotopic (exact) mass is 444 g/mol. The van der Waals surface area contributed by atoms with Crippen LogP contribution >= 0.6 is 0 Å². The fraction of sp³-hybridized carbons (Fsp3) is 0.385. The maximum absolute atomic E-state index is 11.5. The number of aldehydes is 1. The summed E-state index contributed by atoms with van der Waals surface area (Å²) in [4.78, 5) is 19.0. The zero-order valence-electron chi connectivity index (χ0n) is 18.8. The van der Waals surface area contributed by atoms with E-state index in [-0.39, 0.29) is 6.61 Å². The molecule has 170 valence electrons. The molecule has 3 heterocycles. The minimum atomic E-state index is 0.203. The number of nitrogens with zero attached hydrogens (tertiary/aromatic N) is 4. The molecular formula is C26H28N4O3. The largest absolute Gasteiger partial charge is 0.494 e. The van der Waals surface area contributed by atoms with Gasteiger partial charge in [0, 0.05) is 43.7 Å². The molecule has 0 unspecified atom stereocenters. The third-order valence-electron chi connectivity index (χ3n) is 6.97. The number of hydrogen-bond acceptors (Lipinski definition) is 5. The molecule has 2 aromatic heterocycles. The third kappa shape index (κ3) is 3.30. The van der Waals surface area contributed by atoms with Crippen LogP contribution in [0.1, 0.15) is 29.6 Å². The van der Waals surface area contributed by atoms with Crippen molar-refractivity contribution in [1.29, 1.82) is 0 Å². The van der Waals surface area contributed by atoms with Crippen molar-refractivity contribution in [2.24, 2.45) is 5.92 Å². The minimum absolute atomic E-state index is 0.203. The highest BCUT2D eigenvalue weighted by molar-refractivity contribution is 5.98. The van der Waals surface area contributed by atoms with Gasteiger partial charge in [-0.3, -0.25) is 4.79 Å². The Morgan fingerprint density at radius 1 is 1.18 bits per heavy atom. The molecular weight excluding hydrogens is 416 g/mol. The average Bonchev–Trinajstić information content (AvgIpc) is 3.49. The van der Waals surface area contributed by atoms with Gasteiger partial charge in [0.2, 0.25) is 0 Å². The van der Waals surface area contributed by atoms with E-state index in [0.29, 0.717) is 17.2 Å². The van der Waals surface area contributed by atoms with Gasteiger partial charge in [0.05, 0.1) is 29.5 Å². The molecule has 1 saturated carbocycles. The predicted molar refractivity (Wildman–Crippen MR) is 129 cm³/mol. The summed E-state index contributed by atoms with van der Waals surface area (Å²) in [6.07, 6.45) is 4.09. The number of anilines is 1. The van der Waals surface area contributed by atoms with E-state index in [1.165, 1.54) is 29.4 Å². The summed E-state index contributed by atoms with van der Waals surface area (Å²) < 4.78 is 10.4. The Balaban J connectivity index is 1.57. The van der Waals surface area contributed by atoms with Gasteiger partial charge in [-0.1, -0.05) is 12.1 Å². The van der Waals surface area contributed by atoms with Gasteiger partial charge in [-0.05, 0) is 49.4 Å². The molecule has 2 aromatic carbocycles. The molecule has 0 radical (unpaired) electrons. The van der Waals surface area contributed by atoms with E-state index in [1.807, 2.05) is 6.07 Å². The molecule has 33 heavy (non-hydrogen) atoms. The number of imidazole rings is 1. The van der Waals surface area contributed by atoms with Gasteiger partial charge >= 0.3 is 0 Å². The Labute approximate surface area is 192 Å². The van der Waals surface area contributed by atoms with Crippen LogP contribution in [0.25, 0.3) is 33.5 Å². The van der Waals surface area contributed by atoms with Gasteiger partial charge in [0.25, 0.3) is 0 Å². The minimum Gasteiger partial charge on any atom is -0.494 e. The number of fused-ring (bicyclic) bond motifs is 1. The first-order valence-corrected chi connectivity index (χ1v) is 11.7. The van der Waals surface area contributed by atoms with E-state index in [1.54, 1.807) is 13.2 Å². The first-order chi connectivity index (χ1) is 16.2. The maximum Gasteiger partial charge on any atom is 0.157 e. The lowest BCUT2D eigenvalue weighted by molar-refractivity contribution is 0.112. The van der Waals surface area contributed by atoms with Crippen LogP contribution in [0.3, 0.4) is 0 Å². The Morgan fingerprint density at radius 3 is 2.82 bits per heavy atom. The molecule has 1 N–H and O–H groups in total. The summed E-state index contributed by atoms with van der Waals surface area (Å²) >= 11 is 0. The van der Waals surface area contributed by atoms with Crippen molar-refractivity contribution in [2.75, 3.05) is 31.7 Å². The van der Waals surface area contributed by atoms with Gasteiger partial charge in [-0.15, -0.1) is 0 Å². The van der Waals surface area contributed by atoms with Crippen LogP contribution in [0.2, 0.25) is 0 Å². The highest BCUT2D eigenvalue weighted by Crippen LogP contribution is 2.41. The third-order valence-corrected chi connectivity index (χ3v) is 6.97. The number of rotatable bonds is 8. The molecule has 6 rings (SSSR count). The van der Waals surface area contributed by atoms with Crippen LogP contribution in [0, 0.1) is 5.92 Å². The van der Waals surface area contributed by atoms with Crippen LogP contribution in [0.5, 0.6) is 5.75 Å². The smallest absolute Gasteiger partial charge is 0.157 e. The number of methoxy groups -OCH3 is 1. The molecule has 0 atom stereocenters. The summed E-state index contributed by atoms with van der Waals surface area (Å²) in [6.45, 7) is 3.72. The summed E-state index contributed by atoms with van der Waals surface area (Å²) in [5, 5.41) is 10.5. The average molecular weight is 445 g/mol. The van der Waals surface area contributed by atoms with Crippen molar-refractivity contribution >= 4 is 33.9 Å². The number of aliphatic hydroxyl groups is 1. The second kappa shape index (κ2) is 7.92. The molecule has 0 amide bonds. The van der Waals surface area contributed by atoms with Crippen molar-refractivity contribution in [1.82, 2.24) is 14.1 Å². The quantitative estimate of drug-likeness (QED) is 0.415. The fourth-order valence-electron chi connectivity index (χ4n) is 5.22. The molecule has 4 aromatic rings. The van der Waals surface area contributed by atoms with Crippen molar-refractivity contribution in [3.05, 3.63) is 42.0 Å². The van der Waals surface area contributed by atoms with Crippen LogP contribution in [0.4, 0.5) is 5.69 Å². The van der Waals surface area contributed by atoms with Gasteiger partial charge in [0.15, 0.2) is 5.82 Å². The standard InChI is InChI=1S/C26H28N4O3/c1-33-23-13-18(16-32)12-20-25(23)30(15-17-6-7-17)26(27-20)22-14-19-4-2-5-21-24(19)29(22)10-9-28(21)8-3-11-31/h2,4-5,12-14,16-17,31H,3,6-11,15H2,1H3. The Morgan fingerprint density at radius 2 is 2.06 bits per heavy atom. The number of hydrogen-bond donors (Lipinski definition) is 1. The zero-order chi connectivity index (χ0) is 22.5. The topological polar surface area (TPSA) is 72.5 Å². The van der Waals surface area contributed by atoms with Gasteiger partial charge in [-0.25, -0.2) is 4.98 Å². The van der Waals surface area contributed by atoms with E-state index in [4.69, 9.17) is 9.72 Å². The molecule has 7 heteroatoms. The van der Waals surface area contributed by atoms with Gasteiger partial charge in [-0.2, -0.15) is 0 Å². The molecule has 1 fully saturated rings. The summed E-state index contributed by atoms with van der Waals surface area (Å²) in [5.74, 6) is 2.29. The molecule has 2 aliphatic rings. The highest BCUT2D eigenvalue weighted by atomic mass is 16.5. The van der Waals surface area contributed by atoms with Gasteiger partial charge in [0.1, 0.15) is 17.6 Å². The number of carbonyl (C=O) groups is 1. The Kier molecular flexibility index (Phi) is 4.87. The lowest BCUT2D eigenvalue weighted by atomic mass is 10.1. The van der Waals surface area contributed by atoms with Crippen molar-refractivity contribution in [3.63, 3.8) is 0 Å². The molecule has 1 aliphatic carbocycles. The SMILES string of the molecule is COc1cc(C=O)cc2nc(-c3cc4cccc5c4n3CCN5CCCO)n(CC3CC3)c12. The summed E-state index contributed by atoms with van der Waals surface area (Å²) in [7, 11) is 1.65. The first kappa shape index (κ1) is 20.3. The Bertz CT molecular complexity index is 1370. The van der Waals surface area contributed by atoms with Crippen molar-refractivity contribution in [2.45, 2.75) is 32.4 Å². The van der Waals surface area contributed by atoms with Crippen LogP contribution in [-0.2, 0) is 13.1 Å². The number of aliphatic hydroxyl groups excluding tert-OH is 1. The molecule has 0 saturated heterocycles. The summed E-state index contributed by atoms with van der Waals surface area (Å²) in [6, 6.07) is 12.3. The van der Waals surface area contributed by atoms with Crippen LogP contribution in [-0.4, -0.2) is 52.3 Å². The normalized spacial score (nSPS) is 15.5. The summed E-state index contributed by atoms with van der Waals surface area (Å²) in [5.41, 5.74) is 5.87. The second-order valence-corrected chi connectivity index (χ2v) is 9.16. The van der Waals surface area contributed by atoms with E-state index in [0.717, 1.165) is 61.4 Å². The van der Waals surface area contributed by atoms with Gasteiger partial charge < -0.3 is 23.9 Å². The zero-order valence-corrected chi connectivity index (χ0v) is 18.8. The first-order valence-electron chi connectivity index (χ1n) is 11.7. The Hall–Kier alpha value is -3.32. The second-order valence-electron chi connectivity index (χ2n) is 9.16.